The van der Waals surface area contributed by atoms with Crippen molar-refractivity contribution < 1.29 is 4.79 Å². The van der Waals surface area contributed by atoms with Crippen molar-refractivity contribution in [1.29, 1.82) is 5.41 Å². The van der Waals surface area contributed by atoms with Crippen molar-refractivity contribution in [2.45, 2.75) is 13.5 Å². The molecule has 0 radical (unpaired) electrons. The number of Topliss-reactive ketones (excluding diaryl/α,β-unsaturated/α-hetero) is 1. The second-order valence-electron chi connectivity index (χ2n) is 3.56. The summed E-state index contributed by atoms with van der Waals surface area (Å²) in [5.74, 6) is 0.568. The number of hydrogen-bond donors (Lipinski definition) is 1. The molecular formula is C11H12N2O. The first-order valence-corrected chi connectivity index (χ1v) is 4.59. The zero-order valence-corrected chi connectivity index (χ0v) is 8.08. The number of hydrogen-bond acceptors (Lipinski definition) is 2. The summed E-state index contributed by atoms with van der Waals surface area (Å²) < 4.78 is 0. The van der Waals surface area contributed by atoms with Crippen molar-refractivity contribution in [3.63, 3.8) is 0 Å². The fourth-order valence-corrected chi connectivity index (χ4v) is 1.75. The molecule has 0 saturated carbocycles. The Bertz CT molecular complexity index is 398. The first-order chi connectivity index (χ1) is 6.68. The van der Waals surface area contributed by atoms with Crippen LogP contribution in [0.2, 0.25) is 0 Å². The summed E-state index contributed by atoms with van der Waals surface area (Å²) >= 11 is 0. The molecule has 1 N–H and O–H groups in total. The Hall–Kier alpha value is -1.64. The number of fused-ring (bicyclic) bond motifs is 1. The van der Waals surface area contributed by atoms with E-state index in [1.54, 1.807) is 11.8 Å². The van der Waals surface area contributed by atoms with Crippen LogP contribution in [0.15, 0.2) is 24.3 Å². The van der Waals surface area contributed by atoms with Crippen LogP contribution in [-0.2, 0) is 11.3 Å². The molecule has 0 unspecified atom stereocenters. The maximum Gasteiger partial charge on any atom is 0.149 e. The summed E-state index contributed by atoms with van der Waals surface area (Å²) in [5.41, 5.74) is 2.09. The molecule has 0 bridgehead atoms. The van der Waals surface area contributed by atoms with Crippen LogP contribution in [0.5, 0.6) is 0 Å². The van der Waals surface area contributed by atoms with Gasteiger partial charge in [-0.25, -0.2) is 0 Å². The van der Waals surface area contributed by atoms with Crippen LogP contribution in [0.3, 0.4) is 0 Å². The van der Waals surface area contributed by atoms with Gasteiger partial charge in [0.1, 0.15) is 11.6 Å². The van der Waals surface area contributed by atoms with E-state index in [1.165, 1.54) is 0 Å². The maximum atomic E-state index is 11.0. The lowest BCUT2D eigenvalue weighted by Crippen LogP contribution is -2.28. The molecule has 0 fully saturated rings. The van der Waals surface area contributed by atoms with E-state index < -0.39 is 0 Å². The quantitative estimate of drug-likeness (QED) is 0.762. The second kappa shape index (κ2) is 3.25. The van der Waals surface area contributed by atoms with Gasteiger partial charge in [0.2, 0.25) is 0 Å². The standard InChI is InChI=1S/C11H12N2O/c1-8(14)6-13-7-9-4-2-3-5-10(9)11(13)12/h2-5,12H,6-7H2,1H3. The number of rotatable bonds is 2. The Labute approximate surface area is 82.9 Å². The molecule has 0 spiro atoms. The average molecular weight is 188 g/mol. The van der Waals surface area contributed by atoms with Gasteiger partial charge in [-0.2, -0.15) is 0 Å². The van der Waals surface area contributed by atoms with E-state index in [9.17, 15) is 4.79 Å². The van der Waals surface area contributed by atoms with Gasteiger partial charge in [0.15, 0.2) is 0 Å². The largest absolute Gasteiger partial charge is 0.345 e. The lowest BCUT2D eigenvalue weighted by Gasteiger charge is -2.15. The van der Waals surface area contributed by atoms with E-state index >= 15 is 0 Å². The van der Waals surface area contributed by atoms with Crippen LogP contribution in [0.25, 0.3) is 0 Å². The highest BCUT2D eigenvalue weighted by Crippen LogP contribution is 2.21. The molecule has 72 valence electrons. The highest BCUT2D eigenvalue weighted by atomic mass is 16.1. The van der Waals surface area contributed by atoms with E-state index in [-0.39, 0.29) is 5.78 Å². The van der Waals surface area contributed by atoms with Gasteiger partial charge < -0.3 is 4.90 Å². The predicted octanol–water partition coefficient (Wildman–Crippen LogP) is 1.42. The van der Waals surface area contributed by atoms with E-state index in [1.807, 2.05) is 24.3 Å². The molecule has 0 aromatic heterocycles. The van der Waals surface area contributed by atoms with Crippen LogP contribution >= 0.6 is 0 Å². The van der Waals surface area contributed by atoms with Crippen LogP contribution < -0.4 is 0 Å². The Morgan fingerprint density at radius 3 is 2.86 bits per heavy atom. The SMILES string of the molecule is CC(=O)CN1Cc2ccccc2C1=N. The minimum Gasteiger partial charge on any atom is -0.345 e. The van der Waals surface area contributed by atoms with Crippen molar-refractivity contribution in [2.75, 3.05) is 6.54 Å². The fourth-order valence-electron chi connectivity index (χ4n) is 1.75. The van der Waals surface area contributed by atoms with Gasteiger partial charge in [-0.05, 0) is 12.5 Å². The average Bonchev–Trinajstić information content (AvgIpc) is 2.44. The number of nitrogens with zero attached hydrogens (tertiary/aromatic N) is 1. The highest BCUT2D eigenvalue weighted by molar-refractivity contribution is 6.01. The number of ketones is 1. The molecule has 14 heavy (non-hydrogen) atoms. The van der Waals surface area contributed by atoms with Crippen molar-refractivity contribution in [3.8, 4) is 0 Å². The Balaban J connectivity index is 2.26. The molecule has 0 saturated heterocycles. The molecule has 2 rings (SSSR count). The molecule has 1 heterocycles. The zero-order valence-electron chi connectivity index (χ0n) is 8.08. The molecule has 3 nitrogen and oxygen atoms in total. The number of carbonyl (C=O) groups is 1. The smallest absolute Gasteiger partial charge is 0.149 e. The van der Waals surface area contributed by atoms with Crippen LogP contribution in [0.1, 0.15) is 18.1 Å². The van der Waals surface area contributed by atoms with Gasteiger partial charge in [-0.1, -0.05) is 24.3 Å². The first kappa shape index (κ1) is 8.94. The lowest BCUT2D eigenvalue weighted by molar-refractivity contribution is -0.117. The Morgan fingerprint density at radius 2 is 2.21 bits per heavy atom. The Kier molecular flexibility index (Phi) is 2.08. The number of nitrogens with one attached hydrogen (secondary N) is 1. The summed E-state index contributed by atoms with van der Waals surface area (Å²) in [5, 5.41) is 7.85. The normalized spacial score (nSPS) is 14.4. The monoisotopic (exact) mass is 188 g/mol. The fraction of sp³-hybridized carbons (Fsp3) is 0.273. The molecule has 0 amide bonds. The van der Waals surface area contributed by atoms with Crippen molar-refractivity contribution in [3.05, 3.63) is 35.4 Å². The van der Waals surface area contributed by atoms with Gasteiger partial charge in [-0.15, -0.1) is 0 Å². The zero-order chi connectivity index (χ0) is 10.1. The van der Waals surface area contributed by atoms with Crippen LogP contribution in [0, 0.1) is 5.41 Å². The van der Waals surface area contributed by atoms with Crippen molar-refractivity contribution in [1.82, 2.24) is 4.90 Å². The third-order valence-corrected chi connectivity index (χ3v) is 2.36. The lowest BCUT2D eigenvalue weighted by atomic mass is 10.1. The van der Waals surface area contributed by atoms with Gasteiger partial charge in [0.25, 0.3) is 0 Å². The number of benzene rings is 1. The van der Waals surface area contributed by atoms with Gasteiger partial charge >= 0.3 is 0 Å². The summed E-state index contributed by atoms with van der Waals surface area (Å²) in [6, 6.07) is 7.82. The van der Waals surface area contributed by atoms with Gasteiger partial charge in [-0.3, -0.25) is 10.2 Å². The van der Waals surface area contributed by atoms with Crippen molar-refractivity contribution >= 4 is 11.6 Å². The molecule has 1 aromatic carbocycles. The molecule has 3 heteroatoms. The molecular weight excluding hydrogens is 176 g/mol. The second-order valence-corrected chi connectivity index (χ2v) is 3.56. The number of carbonyl (C=O) groups excluding carboxylic acids is 1. The Morgan fingerprint density at radius 1 is 1.50 bits per heavy atom. The highest BCUT2D eigenvalue weighted by Gasteiger charge is 2.23. The molecule has 0 atom stereocenters. The topological polar surface area (TPSA) is 44.2 Å². The van der Waals surface area contributed by atoms with E-state index in [4.69, 9.17) is 5.41 Å². The van der Waals surface area contributed by atoms with Crippen LogP contribution in [0.4, 0.5) is 0 Å². The first-order valence-electron chi connectivity index (χ1n) is 4.59. The van der Waals surface area contributed by atoms with Gasteiger partial charge in [0.05, 0.1) is 6.54 Å². The van der Waals surface area contributed by atoms with Gasteiger partial charge in [0, 0.05) is 12.1 Å². The van der Waals surface area contributed by atoms with E-state index in [0.717, 1.165) is 11.1 Å². The molecule has 1 aromatic rings. The third-order valence-electron chi connectivity index (χ3n) is 2.36. The van der Waals surface area contributed by atoms with Crippen molar-refractivity contribution in [2.24, 2.45) is 0 Å². The van der Waals surface area contributed by atoms with E-state index in [2.05, 4.69) is 0 Å². The minimum absolute atomic E-state index is 0.0996. The maximum absolute atomic E-state index is 11.0. The van der Waals surface area contributed by atoms with Crippen LogP contribution in [-0.4, -0.2) is 23.1 Å². The molecule has 1 aliphatic heterocycles. The summed E-state index contributed by atoms with van der Waals surface area (Å²) in [4.78, 5) is 12.8. The van der Waals surface area contributed by atoms with E-state index in [0.29, 0.717) is 18.9 Å². The summed E-state index contributed by atoms with van der Waals surface area (Å²) in [6.07, 6.45) is 0. The summed E-state index contributed by atoms with van der Waals surface area (Å²) in [6.45, 7) is 2.58. The molecule has 0 aliphatic carbocycles. The molecule has 1 aliphatic rings. The summed E-state index contributed by atoms with van der Waals surface area (Å²) in [7, 11) is 0. The third kappa shape index (κ3) is 1.41. The minimum atomic E-state index is 0.0996. The predicted molar refractivity (Wildman–Crippen MR) is 54.4 cm³/mol. The number of amidine groups is 1.